The van der Waals surface area contributed by atoms with Crippen molar-refractivity contribution in [1.82, 2.24) is 5.32 Å². The van der Waals surface area contributed by atoms with Crippen LogP contribution in [0.25, 0.3) is 6.08 Å². The van der Waals surface area contributed by atoms with Gasteiger partial charge in [0, 0.05) is 11.1 Å². The van der Waals surface area contributed by atoms with Crippen LogP contribution in [0, 0.1) is 0 Å². The highest BCUT2D eigenvalue weighted by molar-refractivity contribution is 6.30. The fourth-order valence-electron chi connectivity index (χ4n) is 1.00. The van der Waals surface area contributed by atoms with Gasteiger partial charge in [0.2, 0.25) is 5.91 Å². The van der Waals surface area contributed by atoms with Gasteiger partial charge >= 0.3 is 0 Å². The molecule has 1 aromatic rings. The van der Waals surface area contributed by atoms with Crippen LogP contribution in [0.3, 0.4) is 0 Å². The van der Waals surface area contributed by atoms with Crippen LogP contribution < -0.4 is 10.4 Å². The van der Waals surface area contributed by atoms with E-state index in [4.69, 9.17) is 11.6 Å². The molecule has 5 heteroatoms. The Labute approximate surface area is 97.5 Å². The number of carboxylic acids is 1. The van der Waals surface area contributed by atoms with E-state index in [1.165, 1.54) is 12.2 Å². The fraction of sp³-hybridized carbons (Fsp3) is 0.0909. The highest BCUT2D eigenvalue weighted by Gasteiger charge is 1.94. The average Bonchev–Trinajstić information content (AvgIpc) is 2.23. The highest BCUT2D eigenvalue weighted by atomic mass is 35.5. The summed E-state index contributed by atoms with van der Waals surface area (Å²) in [5.41, 5.74) is 0.760. The van der Waals surface area contributed by atoms with Gasteiger partial charge in [-0.05, 0) is 23.8 Å². The average molecular weight is 239 g/mol. The van der Waals surface area contributed by atoms with Crippen LogP contribution in [0.4, 0.5) is 0 Å². The zero-order valence-corrected chi connectivity index (χ0v) is 9.03. The molecule has 0 aliphatic rings. The molecule has 0 spiro atoms. The molecular weight excluding hydrogens is 230 g/mol. The third kappa shape index (κ3) is 4.61. The van der Waals surface area contributed by atoms with E-state index in [1.54, 1.807) is 24.3 Å². The second-order valence-electron chi connectivity index (χ2n) is 2.98. The third-order valence-corrected chi connectivity index (χ3v) is 1.92. The maximum absolute atomic E-state index is 11.1. The van der Waals surface area contributed by atoms with Crippen molar-refractivity contribution in [1.29, 1.82) is 0 Å². The van der Waals surface area contributed by atoms with Gasteiger partial charge in [-0.25, -0.2) is 0 Å². The van der Waals surface area contributed by atoms with E-state index in [2.05, 4.69) is 5.32 Å². The van der Waals surface area contributed by atoms with Crippen molar-refractivity contribution in [3.63, 3.8) is 0 Å². The Morgan fingerprint density at radius 3 is 2.81 bits per heavy atom. The van der Waals surface area contributed by atoms with Crippen LogP contribution in [-0.2, 0) is 9.59 Å². The number of aliphatic carboxylic acids is 1. The van der Waals surface area contributed by atoms with Gasteiger partial charge in [-0.1, -0.05) is 23.7 Å². The lowest BCUT2D eigenvalue weighted by Crippen LogP contribution is -2.36. The predicted molar refractivity (Wildman–Crippen MR) is 58.5 cm³/mol. The summed E-state index contributed by atoms with van der Waals surface area (Å²) in [5, 5.41) is 12.8. The van der Waals surface area contributed by atoms with Crippen molar-refractivity contribution in [2.75, 3.05) is 6.54 Å². The number of halogens is 1. The Bertz CT molecular complexity index is 429. The summed E-state index contributed by atoms with van der Waals surface area (Å²) in [6.07, 6.45) is 2.77. The summed E-state index contributed by atoms with van der Waals surface area (Å²) >= 11 is 5.74. The number of hydrogen-bond donors (Lipinski definition) is 1. The minimum Gasteiger partial charge on any atom is -0.548 e. The fourth-order valence-corrected chi connectivity index (χ4v) is 1.20. The number of carboxylic acid groups (broad SMARTS) is 1. The number of amides is 1. The summed E-state index contributed by atoms with van der Waals surface area (Å²) in [5.74, 6) is -1.83. The van der Waals surface area contributed by atoms with Crippen molar-refractivity contribution < 1.29 is 14.7 Å². The van der Waals surface area contributed by atoms with E-state index < -0.39 is 18.4 Å². The lowest BCUT2D eigenvalue weighted by atomic mass is 10.2. The summed E-state index contributed by atoms with van der Waals surface area (Å²) in [6.45, 7) is -0.501. The van der Waals surface area contributed by atoms with Crippen LogP contribution in [0.1, 0.15) is 5.56 Å². The molecule has 16 heavy (non-hydrogen) atoms. The minimum atomic E-state index is -1.33. The van der Waals surface area contributed by atoms with Gasteiger partial charge in [-0.2, -0.15) is 0 Å². The van der Waals surface area contributed by atoms with Crippen molar-refractivity contribution in [2.45, 2.75) is 0 Å². The van der Waals surface area contributed by atoms with Crippen molar-refractivity contribution >= 4 is 29.6 Å². The van der Waals surface area contributed by atoms with E-state index in [9.17, 15) is 14.7 Å². The molecule has 0 saturated heterocycles. The molecule has 1 aromatic carbocycles. The molecule has 4 nitrogen and oxygen atoms in total. The molecule has 1 rings (SSSR count). The molecule has 0 aromatic heterocycles. The Kier molecular flexibility index (Phi) is 4.54. The molecule has 0 aliphatic heterocycles. The summed E-state index contributed by atoms with van der Waals surface area (Å²) in [7, 11) is 0. The standard InChI is InChI=1S/C11H10ClNO3/c12-9-3-1-2-8(6-9)4-5-10(14)13-7-11(15)16/h1-6H,7H2,(H,13,14)(H,15,16)/p-1. The number of rotatable bonds is 4. The Morgan fingerprint density at radius 1 is 1.44 bits per heavy atom. The van der Waals surface area contributed by atoms with Gasteiger partial charge in [0.25, 0.3) is 0 Å². The first-order valence-electron chi connectivity index (χ1n) is 4.49. The molecule has 0 unspecified atom stereocenters. The Hall–Kier alpha value is -1.81. The molecule has 0 radical (unpaired) electrons. The number of nitrogens with one attached hydrogen (secondary N) is 1. The topological polar surface area (TPSA) is 69.2 Å². The zero-order chi connectivity index (χ0) is 12.0. The van der Waals surface area contributed by atoms with Gasteiger partial charge < -0.3 is 15.2 Å². The van der Waals surface area contributed by atoms with Crippen LogP contribution in [0.15, 0.2) is 30.3 Å². The Balaban J connectivity index is 2.53. The maximum atomic E-state index is 11.1. The molecule has 1 N–H and O–H groups in total. The zero-order valence-electron chi connectivity index (χ0n) is 8.27. The van der Waals surface area contributed by atoms with E-state index >= 15 is 0 Å². The van der Waals surface area contributed by atoms with Crippen LogP contribution in [0.5, 0.6) is 0 Å². The summed E-state index contributed by atoms with van der Waals surface area (Å²) in [4.78, 5) is 21.1. The second kappa shape index (κ2) is 5.92. The van der Waals surface area contributed by atoms with Gasteiger partial charge in [0.15, 0.2) is 0 Å². The van der Waals surface area contributed by atoms with Gasteiger partial charge in [-0.3, -0.25) is 4.79 Å². The third-order valence-electron chi connectivity index (χ3n) is 1.68. The van der Waals surface area contributed by atoms with Gasteiger partial charge in [0.1, 0.15) is 0 Å². The molecule has 84 valence electrons. The quantitative estimate of drug-likeness (QED) is 0.763. The molecule has 0 bridgehead atoms. The number of carbonyl (C=O) groups excluding carboxylic acids is 2. The van der Waals surface area contributed by atoms with Crippen LogP contribution >= 0.6 is 11.6 Å². The molecule has 0 atom stereocenters. The molecule has 0 saturated carbocycles. The molecule has 0 heterocycles. The Morgan fingerprint density at radius 2 is 2.19 bits per heavy atom. The van der Waals surface area contributed by atoms with E-state index in [0.29, 0.717) is 5.02 Å². The first-order chi connectivity index (χ1) is 7.58. The lowest BCUT2D eigenvalue weighted by Gasteiger charge is -2.01. The molecule has 0 fully saturated rings. The summed E-state index contributed by atoms with van der Waals surface area (Å²) in [6, 6.07) is 6.93. The van der Waals surface area contributed by atoms with Crippen molar-refractivity contribution in [3.05, 3.63) is 40.9 Å². The molecular formula is C11H9ClNO3-. The second-order valence-corrected chi connectivity index (χ2v) is 3.41. The van der Waals surface area contributed by atoms with E-state index in [-0.39, 0.29) is 0 Å². The highest BCUT2D eigenvalue weighted by Crippen LogP contribution is 2.11. The van der Waals surface area contributed by atoms with Gasteiger partial charge in [0.05, 0.1) is 12.5 Å². The van der Waals surface area contributed by atoms with Crippen molar-refractivity contribution in [2.24, 2.45) is 0 Å². The first kappa shape index (κ1) is 12.3. The number of carbonyl (C=O) groups is 2. The molecule has 0 aliphatic carbocycles. The predicted octanol–water partition coefficient (Wildman–Crippen LogP) is 0.219. The maximum Gasteiger partial charge on any atom is 0.244 e. The SMILES string of the molecule is O=C([O-])CNC(=O)C=Cc1cccc(Cl)c1. The number of benzene rings is 1. The van der Waals surface area contributed by atoms with Crippen LogP contribution in [0.2, 0.25) is 5.02 Å². The lowest BCUT2D eigenvalue weighted by molar-refractivity contribution is -0.303. The van der Waals surface area contributed by atoms with Crippen LogP contribution in [-0.4, -0.2) is 18.4 Å². The smallest absolute Gasteiger partial charge is 0.244 e. The molecule has 1 amide bonds. The monoisotopic (exact) mass is 238 g/mol. The van der Waals surface area contributed by atoms with Gasteiger partial charge in [-0.15, -0.1) is 0 Å². The first-order valence-corrected chi connectivity index (χ1v) is 4.87. The number of hydrogen-bond acceptors (Lipinski definition) is 3. The normalized spacial score (nSPS) is 10.3. The van der Waals surface area contributed by atoms with Crippen molar-refractivity contribution in [3.8, 4) is 0 Å². The van der Waals surface area contributed by atoms with E-state index in [0.717, 1.165) is 5.56 Å². The summed E-state index contributed by atoms with van der Waals surface area (Å²) < 4.78 is 0. The minimum absolute atomic E-state index is 0.496. The van der Waals surface area contributed by atoms with E-state index in [1.807, 2.05) is 0 Å². The largest absolute Gasteiger partial charge is 0.548 e.